The van der Waals surface area contributed by atoms with Crippen molar-refractivity contribution in [2.75, 3.05) is 44.5 Å². The highest BCUT2D eigenvalue weighted by molar-refractivity contribution is 5.96. The zero-order valence-electron chi connectivity index (χ0n) is 11.9. The molecule has 0 aromatic heterocycles. The summed E-state index contributed by atoms with van der Waals surface area (Å²) < 4.78 is 10.6. The zero-order chi connectivity index (χ0) is 15.5. The molecule has 1 fully saturated rings. The lowest BCUT2D eigenvalue weighted by Gasteiger charge is -2.18. The van der Waals surface area contributed by atoms with Gasteiger partial charge in [-0.05, 0) is 12.1 Å². The predicted octanol–water partition coefficient (Wildman–Crippen LogP) is -0.234. The number of nitrogens with one attached hydrogen (secondary N) is 1. The van der Waals surface area contributed by atoms with Gasteiger partial charge in [-0.1, -0.05) is 0 Å². The average molecular weight is 307 g/mol. The number of hydrogen-bond acceptors (Lipinski definition) is 5. The van der Waals surface area contributed by atoms with Crippen molar-refractivity contribution in [3.63, 3.8) is 0 Å². The van der Waals surface area contributed by atoms with Crippen LogP contribution < -0.4 is 19.7 Å². The first-order chi connectivity index (χ1) is 10.7. The third kappa shape index (κ3) is 2.77. The number of rotatable bonds is 5. The van der Waals surface area contributed by atoms with Crippen LogP contribution in [0.3, 0.4) is 0 Å². The molecule has 0 aliphatic carbocycles. The molecule has 2 N–H and O–H groups in total. The Morgan fingerprint density at radius 2 is 2.09 bits per heavy atom. The van der Waals surface area contributed by atoms with Crippen LogP contribution in [0.1, 0.15) is 0 Å². The fourth-order valence-electron chi connectivity index (χ4n) is 2.45. The molecular weight excluding hydrogens is 290 g/mol. The van der Waals surface area contributed by atoms with Crippen molar-refractivity contribution >= 4 is 17.6 Å². The summed E-state index contributed by atoms with van der Waals surface area (Å²) in [4.78, 5) is 27.1. The number of aliphatic hydroxyl groups excluding tert-OH is 1. The number of urea groups is 1. The van der Waals surface area contributed by atoms with Crippen LogP contribution in [0.25, 0.3) is 0 Å². The minimum Gasteiger partial charge on any atom is -0.454 e. The summed E-state index contributed by atoms with van der Waals surface area (Å²) >= 11 is 0. The second kappa shape index (κ2) is 6.10. The van der Waals surface area contributed by atoms with Crippen LogP contribution in [0.5, 0.6) is 11.5 Å². The number of carbonyl (C=O) groups excluding carboxylic acids is 2. The Labute approximate surface area is 127 Å². The minimum absolute atomic E-state index is 0.0140. The van der Waals surface area contributed by atoms with E-state index >= 15 is 0 Å². The monoisotopic (exact) mass is 307 g/mol. The van der Waals surface area contributed by atoms with E-state index in [4.69, 9.17) is 14.6 Å². The molecule has 0 spiro atoms. The van der Waals surface area contributed by atoms with Crippen molar-refractivity contribution in [3.8, 4) is 11.5 Å². The van der Waals surface area contributed by atoms with Gasteiger partial charge in [-0.25, -0.2) is 4.79 Å². The Bertz CT molecular complexity index is 592. The van der Waals surface area contributed by atoms with E-state index < -0.39 is 0 Å². The molecule has 2 aliphatic rings. The molecule has 0 unspecified atom stereocenters. The second-order valence-electron chi connectivity index (χ2n) is 4.97. The summed E-state index contributed by atoms with van der Waals surface area (Å²) in [5, 5.41) is 11.2. The van der Waals surface area contributed by atoms with Crippen LogP contribution in [0.4, 0.5) is 10.5 Å². The van der Waals surface area contributed by atoms with Gasteiger partial charge in [0, 0.05) is 31.4 Å². The van der Waals surface area contributed by atoms with Crippen molar-refractivity contribution in [2.24, 2.45) is 0 Å². The first-order valence-electron chi connectivity index (χ1n) is 7.02. The normalized spacial score (nSPS) is 16.3. The van der Waals surface area contributed by atoms with Gasteiger partial charge in [-0.3, -0.25) is 9.69 Å². The number of benzene rings is 1. The molecule has 1 aromatic carbocycles. The zero-order valence-corrected chi connectivity index (χ0v) is 11.9. The highest BCUT2D eigenvalue weighted by atomic mass is 16.7. The van der Waals surface area contributed by atoms with Gasteiger partial charge in [0.15, 0.2) is 11.5 Å². The molecule has 0 bridgehead atoms. The van der Waals surface area contributed by atoms with Crippen molar-refractivity contribution in [3.05, 3.63) is 18.2 Å². The summed E-state index contributed by atoms with van der Waals surface area (Å²) in [6, 6.07) is 5.09. The largest absolute Gasteiger partial charge is 0.454 e. The van der Waals surface area contributed by atoms with Crippen LogP contribution in [0.15, 0.2) is 18.2 Å². The molecule has 1 saturated heterocycles. The summed E-state index contributed by atoms with van der Waals surface area (Å²) in [5.41, 5.74) is 0.715. The molecule has 1 aromatic rings. The van der Waals surface area contributed by atoms with Crippen molar-refractivity contribution in [1.82, 2.24) is 10.2 Å². The van der Waals surface area contributed by atoms with Crippen LogP contribution in [-0.4, -0.2) is 61.5 Å². The molecule has 3 amide bonds. The first kappa shape index (κ1) is 14.5. The quantitative estimate of drug-likeness (QED) is 0.784. The number of hydrogen-bond donors (Lipinski definition) is 2. The predicted molar refractivity (Wildman–Crippen MR) is 77.0 cm³/mol. The topological polar surface area (TPSA) is 91.3 Å². The van der Waals surface area contributed by atoms with Crippen molar-refractivity contribution < 1.29 is 24.2 Å². The summed E-state index contributed by atoms with van der Waals surface area (Å²) in [5.74, 6) is 0.995. The third-order valence-electron chi connectivity index (χ3n) is 3.53. The Hall–Kier alpha value is -2.48. The summed E-state index contributed by atoms with van der Waals surface area (Å²) in [6.45, 7) is 1.21. The maximum absolute atomic E-state index is 12.4. The van der Waals surface area contributed by atoms with Gasteiger partial charge in [0.25, 0.3) is 0 Å². The van der Waals surface area contributed by atoms with E-state index in [0.717, 1.165) is 0 Å². The minimum atomic E-state index is -0.282. The fourth-order valence-corrected chi connectivity index (χ4v) is 2.45. The second-order valence-corrected chi connectivity index (χ2v) is 4.97. The van der Waals surface area contributed by atoms with Crippen LogP contribution in [0, 0.1) is 0 Å². The highest BCUT2D eigenvalue weighted by Crippen LogP contribution is 2.36. The number of anilines is 1. The molecule has 118 valence electrons. The Balaban J connectivity index is 1.65. The lowest BCUT2D eigenvalue weighted by molar-refractivity contribution is -0.121. The molecule has 0 radical (unpaired) electrons. The van der Waals surface area contributed by atoms with E-state index in [0.29, 0.717) is 30.3 Å². The van der Waals surface area contributed by atoms with Gasteiger partial charge in [-0.2, -0.15) is 0 Å². The SMILES string of the molecule is O=C(CN1CCN(c2ccc3c(c2)OCO3)C1=O)NCCO. The van der Waals surface area contributed by atoms with Crippen LogP contribution in [0.2, 0.25) is 0 Å². The van der Waals surface area contributed by atoms with Crippen molar-refractivity contribution in [1.29, 1.82) is 0 Å². The Morgan fingerprint density at radius 1 is 1.27 bits per heavy atom. The van der Waals surface area contributed by atoms with Gasteiger partial charge in [0.05, 0.1) is 6.61 Å². The van der Waals surface area contributed by atoms with E-state index in [1.54, 1.807) is 23.1 Å². The molecule has 2 aliphatic heterocycles. The number of fused-ring (bicyclic) bond motifs is 1. The average Bonchev–Trinajstić information content (AvgIpc) is 3.12. The first-order valence-corrected chi connectivity index (χ1v) is 7.02. The molecule has 22 heavy (non-hydrogen) atoms. The van der Waals surface area contributed by atoms with E-state index in [1.165, 1.54) is 4.90 Å². The highest BCUT2D eigenvalue weighted by Gasteiger charge is 2.31. The fraction of sp³-hybridized carbons (Fsp3) is 0.429. The maximum atomic E-state index is 12.4. The van der Waals surface area contributed by atoms with Crippen molar-refractivity contribution in [2.45, 2.75) is 0 Å². The number of carbonyl (C=O) groups is 2. The molecule has 8 nitrogen and oxygen atoms in total. The number of ether oxygens (including phenoxy) is 2. The van der Waals surface area contributed by atoms with E-state index in [1.807, 2.05) is 0 Å². The smallest absolute Gasteiger partial charge is 0.325 e. The standard InChI is InChI=1S/C14H17N3O5/c18-6-3-15-13(19)8-16-4-5-17(14(16)20)10-1-2-11-12(7-10)22-9-21-11/h1-2,7,18H,3-6,8-9H2,(H,15,19). The Kier molecular flexibility index (Phi) is 4.01. The Morgan fingerprint density at radius 3 is 2.91 bits per heavy atom. The third-order valence-corrected chi connectivity index (χ3v) is 3.53. The number of amides is 3. The van der Waals surface area contributed by atoms with E-state index in [2.05, 4.69) is 5.32 Å². The van der Waals surface area contributed by atoms with Gasteiger partial charge in [-0.15, -0.1) is 0 Å². The molecule has 2 heterocycles. The molecular formula is C14H17N3O5. The van der Waals surface area contributed by atoms with Gasteiger partial charge >= 0.3 is 6.03 Å². The van der Waals surface area contributed by atoms with E-state index in [9.17, 15) is 9.59 Å². The van der Waals surface area contributed by atoms with Crippen LogP contribution in [-0.2, 0) is 4.79 Å². The summed E-state index contributed by atoms with van der Waals surface area (Å²) in [6.07, 6.45) is 0. The van der Waals surface area contributed by atoms with Gasteiger partial charge in [0.2, 0.25) is 12.7 Å². The molecule has 0 saturated carbocycles. The van der Waals surface area contributed by atoms with Gasteiger partial charge < -0.3 is 24.8 Å². The van der Waals surface area contributed by atoms with E-state index in [-0.39, 0.29) is 38.4 Å². The maximum Gasteiger partial charge on any atom is 0.325 e. The molecule has 0 atom stereocenters. The summed E-state index contributed by atoms with van der Waals surface area (Å²) in [7, 11) is 0. The molecule has 8 heteroatoms. The molecule has 3 rings (SSSR count). The van der Waals surface area contributed by atoms with Gasteiger partial charge in [0.1, 0.15) is 6.54 Å². The van der Waals surface area contributed by atoms with Crippen LogP contribution >= 0.6 is 0 Å². The lowest BCUT2D eigenvalue weighted by Crippen LogP contribution is -2.40. The lowest BCUT2D eigenvalue weighted by atomic mass is 10.2. The number of nitrogens with zero attached hydrogens (tertiary/aromatic N) is 2. The number of aliphatic hydroxyl groups is 1.